The minimum Gasteiger partial charge on any atom is -0.322 e. The second-order valence-electron chi connectivity index (χ2n) is 6.50. The molecule has 0 aliphatic rings. The molecule has 2 N–H and O–H groups in total. The molecule has 1 heterocycles. The summed E-state index contributed by atoms with van der Waals surface area (Å²) in [6.45, 7) is 0. The second-order valence-corrected chi connectivity index (χ2v) is 6.50. The first-order valence-corrected chi connectivity index (χ1v) is 8.87. The summed E-state index contributed by atoms with van der Waals surface area (Å²) in [6, 6.07) is 10.4. The van der Waals surface area contributed by atoms with Crippen LogP contribution >= 0.6 is 0 Å². The molecule has 32 heavy (non-hydrogen) atoms. The summed E-state index contributed by atoms with van der Waals surface area (Å²) in [4.78, 5) is 28.2. The van der Waals surface area contributed by atoms with Crippen LogP contribution in [0.4, 0.5) is 37.7 Å². The smallest absolute Gasteiger partial charge is 0.322 e. The third kappa shape index (κ3) is 5.62. The van der Waals surface area contributed by atoms with Gasteiger partial charge in [-0.25, -0.2) is 0 Å². The first-order chi connectivity index (χ1) is 14.9. The highest BCUT2D eigenvalue weighted by Crippen LogP contribution is 2.31. The molecule has 0 bridgehead atoms. The van der Waals surface area contributed by atoms with Crippen molar-refractivity contribution in [2.45, 2.75) is 12.4 Å². The molecule has 0 atom stereocenters. The van der Waals surface area contributed by atoms with E-state index in [0.717, 1.165) is 48.7 Å². The van der Waals surface area contributed by atoms with E-state index in [9.17, 15) is 35.9 Å². The average molecular weight is 453 g/mol. The molecule has 0 saturated carbocycles. The van der Waals surface area contributed by atoms with E-state index >= 15 is 0 Å². The molecule has 5 nitrogen and oxygen atoms in total. The van der Waals surface area contributed by atoms with Crippen molar-refractivity contribution in [2.24, 2.45) is 0 Å². The molecule has 0 aliphatic heterocycles. The van der Waals surface area contributed by atoms with Crippen LogP contribution in [0.15, 0.2) is 66.9 Å². The molecule has 0 spiro atoms. The SMILES string of the molecule is O=C(Nc1cccc(C(F)(F)F)c1)c1ccc(C(=O)Nc2cccc(C(F)(F)F)c2)nc1. The van der Waals surface area contributed by atoms with Crippen LogP contribution in [0, 0.1) is 0 Å². The van der Waals surface area contributed by atoms with Gasteiger partial charge in [0.15, 0.2) is 0 Å². The van der Waals surface area contributed by atoms with E-state index in [1.54, 1.807) is 0 Å². The Labute approximate surface area is 177 Å². The van der Waals surface area contributed by atoms with Gasteiger partial charge >= 0.3 is 12.4 Å². The molecule has 11 heteroatoms. The number of hydrogen-bond acceptors (Lipinski definition) is 3. The maximum absolute atomic E-state index is 12.8. The molecule has 2 aromatic carbocycles. The average Bonchev–Trinajstić information content (AvgIpc) is 2.73. The highest BCUT2D eigenvalue weighted by atomic mass is 19.4. The van der Waals surface area contributed by atoms with Crippen LogP contribution in [0.2, 0.25) is 0 Å². The number of pyridine rings is 1. The summed E-state index contributed by atoms with van der Waals surface area (Å²) in [6.07, 6.45) is -8.13. The first kappa shape index (κ1) is 22.8. The van der Waals surface area contributed by atoms with Crippen LogP contribution in [-0.2, 0) is 12.4 Å². The number of halogens is 6. The monoisotopic (exact) mass is 453 g/mol. The maximum Gasteiger partial charge on any atom is 0.416 e. The number of hydrogen-bond donors (Lipinski definition) is 2. The van der Waals surface area contributed by atoms with Crippen molar-refractivity contribution in [2.75, 3.05) is 10.6 Å². The van der Waals surface area contributed by atoms with Crippen LogP contribution in [0.5, 0.6) is 0 Å². The third-order valence-electron chi connectivity index (χ3n) is 4.15. The van der Waals surface area contributed by atoms with Crippen LogP contribution < -0.4 is 10.6 Å². The molecule has 3 rings (SSSR count). The number of alkyl halides is 6. The molecule has 2 amide bonds. The predicted molar refractivity (Wildman–Crippen MR) is 103 cm³/mol. The number of carbonyl (C=O) groups is 2. The van der Waals surface area contributed by atoms with Gasteiger partial charge < -0.3 is 10.6 Å². The Bertz CT molecular complexity index is 1050. The maximum atomic E-state index is 12.8. The topological polar surface area (TPSA) is 71.1 Å². The molecule has 0 fully saturated rings. The van der Waals surface area contributed by atoms with Crippen molar-refractivity contribution < 1.29 is 35.9 Å². The third-order valence-corrected chi connectivity index (χ3v) is 4.15. The van der Waals surface area contributed by atoms with Crippen molar-refractivity contribution in [1.29, 1.82) is 0 Å². The molecule has 0 unspecified atom stereocenters. The fraction of sp³-hybridized carbons (Fsp3) is 0.0952. The Kier molecular flexibility index (Phi) is 6.19. The number of amides is 2. The molecule has 0 aliphatic carbocycles. The van der Waals surface area contributed by atoms with Crippen molar-refractivity contribution >= 4 is 23.2 Å². The molecule has 166 valence electrons. The number of anilines is 2. The molecule has 1 aromatic heterocycles. The van der Waals surface area contributed by atoms with Crippen molar-refractivity contribution in [3.63, 3.8) is 0 Å². The van der Waals surface area contributed by atoms with E-state index < -0.39 is 35.3 Å². The normalized spacial score (nSPS) is 11.7. The van der Waals surface area contributed by atoms with Gasteiger partial charge in [0, 0.05) is 17.6 Å². The van der Waals surface area contributed by atoms with Gasteiger partial charge in [-0.15, -0.1) is 0 Å². The summed E-state index contributed by atoms with van der Waals surface area (Å²) in [5.74, 6) is -1.57. The van der Waals surface area contributed by atoms with Gasteiger partial charge in [0.05, 0.1) is 16.7 Å². The van der Waals surface area contributed by atoms with Crippen molar-refractivity contribution in [3.05, 3.63) is 89.2 Å². The van der Waals surface area contributed by atoms with E-state index in [-0.39, 0.29) is 22.6 Å². The Morgan fingerprint density at radius 3 is 1.62 bits per heavy atom. The van der Waals surface area contributed by atoms with E-state index in [1.807, 2.05) is 0 Å². The minimum absolute atomic E-state index is 0.0435. The van der Waals surface area contributed by atoms with Crippen LogP contribution in [0.3, 0.4) is 0 Å². The number of carbonyl (C=O) groups excluding carboxylic acids is 2. The second kappa shape index (κ2) is 8.69. The van der Waals surface area contributed by atoms with Crippen molar-refractivity contribution in [3.8, 4) is 0 Å². The number of benzene rings is 2. The van der Waals surface area contributed by atoms with Gasteiger partial charge in [-0.3, -0.25) is 14.6 Å². The number of nitrogens with one attached hydrogen (secondary N) is 2. The van der Waals surface area contributed by atoms with Gasteiger partial charge in [-0.2, -0.15) is 26.3 Å². The van der Waals surface area contributed by atoms with Crippen LogP contribution in [-0.4, -0.2) is 16.8 Å². The Morgan fingerprint density at radius 2 is 1.19 bits per heavy atom. The highest BCUT2D eigenvalue weighted by molar-refractivity contribution is 6.06. The number of nitrogens with zero attached hydrogens (tertiary/aromatic N) is 1. The Morgan fingerprint density at radius 1 is 0.688 bits per heavy atom. The zero-order valence-electron chi connectivity index (χ0n) is 15.9. The Balaban J connectivity index is 1.68. The summed E-state index contributed by atoms with van der Waals surface area (Å²) in [5, 5.41) is 4.56. The summed E-state index contributed by atoms with van der Waals surface area (Å²) < 4.78 is 76.6. The lowest BCUT2D eigenvalue weighted by atomic mass is 10.1. The minimum atomic E-state index is -4.58. The van der Waals surface area contributed by atoms with Gasteiger partial charge in [-0.05, 0) is 48.5 Å². The van der Waals surface area contributed by atoms with Crippen LogP contribution in [0.1, 0.15) is 32.0 Å². The van der Waals surface area contributed by atoms with Gasteiger partial charge in [0.25, 0.3) is 11.8 Å². The largest absolute Gasteiger partial charge is 0.416 e. The number of aromatic nitrogens is 1. The van der Waals surface area contributed by atoms with Crippen molar-refractivity contribution in [1.82, 2.24) is 4.98 Å². The van der Waals surface area contributed by atoms with Crippen LogP contribution in [0.25, 0.3) is 0 Å². The zero-order chi connectivity index (χ0) is 23.5. The lowest BCUT2D eigenvalue weighted by Crippen LogP contribution is -2.16. The summed E-state index contributed by atoms with van der Waals surface area (Å²) >= 11 is 0. The quantitative estimate of drug-likeness (QED) is 0.504. The lowest BCUT2D eigenvalue weighted by molar-refractivity contribution is -0.138. The lowest BCUT2D eigenvalue weighted by Gasteiger charge is -2.10. The molecule has 0 radical (unpaired) electrons. The summed E-state index contributed by atoms with van der Waals surface area (Å²) in [7, 11) is 0. The Hall–Kier alpha value is -3.89. The summed E-state index contributed by atoms with van der Waals surface area (Å²) in [5.41, 5.74) is -2.29. The van der Waals surface area contributed by atoms with E-state index in [4.69, 9.17) is 0 Å². The van der Waals surface area contributed by atoms with E-state index in [1.165, 1.54) is 18.2 Å². The number of rotatable bonds is 4. The standard InChI is InChI=1S/C21H13F6N3O2/c22-20(23,24)13-3-1-5-15(9-13)29-18(31)12-7-8-17(28-11-12)19(32)30-16-6-2-4-14(10-16)21(25,26)27/h1-11H,(H,29,31)(H,30,32). The van der Waals surface area contributed by atoms with E-state index in [0.29, 0.717) is 0 Å². The first-order valence-electron chi connectivity index (χ1n) is 8.87. The van der Waals surface area contributed by atoms with E-state index in [2.05, 4.69) is 15.6 Å². The fourth-order valence-electron chi connectivity index (χ4n) is 2.61. The molecular weight excluding hydrogens is 440 g/mol. The molecule has 3 aromatic rings. The van der Waals surface area contributed by atoms with Gasteiger partial charge in [0.2, 0.25) is 0 Å². The predicted octanol–water partition coefficient (Wildman–Crippen LogP) is 5.62. The zero-order valence-corrected chi connectivity index (χ0v) is 15.9. The fourth-order valence-corrected chi connectivity index (χ4v) is 2.61. The highest BCUT2D eigenvalue weighted by Gasteiger charge is 2.31. The molecule has 0 saturated heterocycles. The van der Waals surface area contributed by atoms with Gasteiger partial charge in [-0.1, -0.05) is 12.1 Å². The molecular formula is C21H13F6N3O2. The van der Waals surface area contributed by atoms with Gasteiger partial charge in [0.1, 0.15) is 5.69 Å².